The molecule has 2 aromatic carbocycles. The number of hydrogen-bond donors (Lipinski definition) is 0. The molecule has 0 aromatic heterocycles. The summed E-state index contributed by atoms with van der Waals surface area (Å²) in [5.41, 5.74) is 2.08. The van der Waals surface area contributed by atoms with Crippen LogP contribution in [0.4, 0.5) is 10.1 Å². The Morgan fingerprint density at radius 1 is 1.14 bits per heavy atom. The Morgan fingerprint density at radius 2 is 1.82 bits per heavy atom. The molecule has 1 heterocycles. The van der Waals surface area contributed by atoms with E-state index in [0.29, 0.717) is 37.4 Å². The average molecular weight is 382 g/mol. The van der Waals surface area contributed by atoms with Gasteiger partial charge in [0.15, 0.2) is 0 Å². The number of nitrogens with zero attached hydrogens (tertiary/aromatic N) is 2. The monoisotopic (exact) mass is 382 g/mol. The van der Waals surface area contributed by atoms with E-state index in [1.165, 1.54) is 23.1 Å². The molecule has 0 saturated carbocycles. The van der Waals surface area contributed by atoms with E-state index in [2.05, 4.69) is 6.58 Å². The molecule has 1 aliphatic heterocycles. The third-order valence-electron chi connectivity index (χ3n) is 4.91. The summed E-state index contributed by atoms with van der Waals surface area (Å²) in [6.07, 6.45) is 1.88. The van der Waals surface area contributed by atoms with Gasteiger partial charge in [0.25, 0.3) is 5.91 Å². The molecule has 28 heavy (non-hydrogen) atoms. The van der Waals surface area contributed by atoms with Gasteiger partial charge in [0.05, 0.1) is 12.6 Å². The standard InChI is InChI=1S/C22H23FN2O3/c1-3-21(26)24(2)19-10-6-17(7-11-19)22(27)25-13-15-28-14-12-20(25)16-4-8-18(23)9-5-16/h3-11,20H,1,12-15H2,2H3. The number of carbonyl (C=O) groups excluding carboxylic acids is 2. The highest BCUT2D eigenvalue weighted by Crippen LogP contribution is 2.28. The molecule has 6 heteroatoms. The van der Waals surface area contributed by atoms with Crippen molar-refractivity contribution in [3.63, 3.8) is 0 Å². The van der Waals surface area contributed by atoms with E-state index in [1.807, 2.05) is 0 Å². The van der Waals surface area contributed by atoms with Gasteiger partial charge >= 0.3 is 0 Å². The van der Waals surface area contributed by atoms with Crippen molar-refractivity contribution < 1.29 is 18.7 Å². The van der Waals surface area contributed by atoms with Crippen LogP contribution in [0.3, 0.4) is 0 Å². The lowest BCUT2D eigenvalue weighted by molar-refractivity contribution is -0.113. The summed E-state index contributed by atoms with van der Waals surface area (Å²) in [5, 5.41) is 0. The molecule has 0 aliphatic carbocycles. The van der Waals surface area contributed by atoms with Crippen LogP contribution in [0, 0.1) is 5.82 Å². The lowest BCUT2D eigenvalue weighted by Crippen LogP contribution is -2.36. The molecule has 146 valence electrons. The molecule has 0 spiro atoms. The zero-order valence-electron chi connectivity index (χ0n) is 15.8. The van der Waals surface area contributed by atoms with Crippen LogP contribution in [-0.4, -0.2) is 43.5 Å². The lowest BCUT2D eigenvalue weighted by Gasteiger charge is -2.30. The van der Waals surface area contributed by atoms with Crippen LogP contribution in [-0.2, 0) is 9.53 Å². The largest absolute Gasteiger partial charge is 0.380 e. The fourth-order valence-corrected chi connectivity index (χ4v) is 3.30. The first kappa shape index (κ1) is 19.8. The zero-order chi connectivity index (χ0) is 20.1. The molecular weight excluding hydrogens is 359 g/mol. The number of benzene rings is 2. The predicted octanol–water partition coefficient (Wildman–Crippen LogP) is 3.58. The van der Waals surface area contributed by atoms with Gasteiger partial charge in [0, 0.05) is 31.5 Å². The first-order chi connectivity index (χ1) is 13.5. The molecular formula is C22H23FN2O3. The first-order valence-electron chi connectivity index (χ1n) is 9.15. The van der Waals surface area contributed by atoms with Gasteiger partial charge in [-0.2, -0.15) is 0 Å². The van der Waals surface area contributed by atoms with E-state index in [0.717, 1.165) is 5.56 Å². The molecule has 2 amide bonds. The minimum absolute atomic E-state index is 0.121. The number of likely N-dealkylation sites (N-methyl/N-ethyl adjacent to an activating group) is 1. The fourth-order valence-electron chi connectivity index (χ4n) is 3.30. The van der Waals surface area contributed by atoms with E-state index < -0.39 is 0 Å². The Balaban J connectivity index is 1.84. The number of ether oxygens (including phenoxy) is 1. The summed E-state index contributed by atoms with van der Waals surface area (Å²) in [5.74, 6) is -0.649. The molecule has 0 N–H and O–H groups in total. The van der Waals surface area contributed by atoms with E-state index in [4.69, 9.17) is 4.74 Å². The molecule has 1 aliphatic rings. The highest BCUT2D eigenvalue weighted by atomic mass is 19.1. The molecule has 1 atom stereocenters. The molecule has 3 rings (SSSR count). The number of carbonyl (C=O) groups is 2. The molecule has 0 radical (unpaired) electrons. The van der Waals surface area contributed by atoms with Gasteiger partial charge in [-0.1, -0.05) is 18.7 Å². The summed E-state index contributed by atoms with van der Waals surface area (Å²) in [6.45, 7) is 4.93. The molecule has 1 unspecified atom stereocenters. The maximum Gasteiger partial charge on any atom is 0.254 e. The lowest BCUT2D eigenvalue weighted by atomic mass is 10.0. The number of halogens is 1. The Labute approximate surface area is 164 Å². The van der Waals surface area contributed by atoms with Crippen LogP contribution in [0.2, 0.25) is 0 Å². The van der Waals surface area contributed by atoms with E-state index in [1.54, 1.807) is 48.3 Å². The van der Waals surface area contributed by atoms with Crippen molar-refractivity contribution in [1.29, 1.82) is 0 Å². The van der Waals surface area contributed by atoms with Gasteiger partial charge in [-0.3, -0.25) is 9.59 Å². The maximum atomic E-state index is 13.3. The van der Waals surface area contributed by atoms with Crippen LogP contribution < -0.4 is 4.90 Å². The summed E-state index contributed by atoms with van der Waals surface area (Å²) in [4.78, 5) is 28.1. The smallest absolute Gasteiger partial charge is 0.254 e. The van der Waals surface area contributed by atoms with Crippen molar-refractivity contribution >= 4 is 17.5 Å². The average Bonchev–Trinajstić information content (AvgIpc) is 2.99. The SMILES string of the molecule is C=CC(=O)N(C)c1ccc(C(=O)N2CCOCCC2c2ccc(F)cc2)cc1. The van der Waals surface area contributed by atoms with Crippen molar-refractivity contribution in [2.24, 2.45) is 0 Å². The molecule has 5 nitrogen and oxygen atoms in total. The third kappa shape index (κ3) is 4.28. The normalized spacial score (nSPS) is 16.9. The van der Waals surface area contributed by atoms with Crippen LogP contribution >= 0.6 is 0 Å². The van der Waals surface area contributed by atoms with Gasteiger partial charge in [-0.05, 0) is 54.5 Å². The minimum atomic E-state index is -0.305. The van der Waals surface area contributed by atoms with Crippen molar-refractivity contribution in [3.8, 4) is 0 Å². The summed E-state index contributed by atoms with van der Waals surface area (Å²) < 4.78 is 18.9. The minimum Gasteiger partial charge on any atom is -0.380 e. The number of rotatable bonds is 4. The van der Waals surface area contributed by atoms with Gasteiger partial charge in [-0.25, -0.2) is 4.39 Å². The van der Waals surface area contributed by atoms with E-state index in [9.17, 15) is 14.0 Å². The van der Waals surface area contributed by atoms with E-state index in [-0.39, 0.29) is 23.7 Å². The second-order valence-corrected chi connectivity index (χ2v) is 6.62. The summed E-state index contributed by atoms with van der Waals surface area (Å²) >= 11 is 0. The van der Waals surface area contributed by atoms with Crippen LogP contribution in [0.1, 0.15) is 28.4 Å². The van der Waals surface area contributed by atoms with Gasteiger partial charge in [0.1, 0.15) is 5.82 Å². The van der Waals surface area contributed by atoms with Crippen molar-refractivity contribution in [1.82, 2.24) is 4.90 Å². The molecule has 0 bridgehead atoms. The van der Waals surface area contributed by atoms with E-state index >= 15 is 0 Å². The van der Waals surface area contributed by atoms with Crippen LogP contribution in [0.5, 0.6) is 0 Å². The Hall–Kier alpha value is -2.99. The van der Waals surface area contributed by atoms with Crippen molar-refractivity contribution in [2.45, 2.75) is 12.5 Å². The zero-order valence-corrected chi connectivity index (χ0v) is 15.8. The van der Waals surface area contributed by atoms with Gasteiger partial charge in [0.2, 0.25) is 5.91 Å². The van der Waals surface area contributed by atoms with Gasteiger partial charge in [-0.15, -0.1) is 0 Å². The maximum absolute atomic E-state index is 13.3. The Bertz CT molecular complexity index is 849. The fraction of sp³-hybridized carbons (Fsp3) is 0.273. The second-order valence-electron chi connectivity index (χ2n) is 6.62. The molecule has 1 fully saturated rings. The third-order valence-corrected chi connectivity index (χ3v) is 4.91. The highest BCUT2D eigenvalue weighted by Gasteiger charge is 2.28. The Morgan fingerprint density at radius 3 is 2.46 bits per heavy atom. The van der Waals surface area contributed by atoms with Crippen LogP contribution in [0.25, 0.3) is 0 Å². The predicted molar refractivity (Wildman–Crippen MR) is 106 cm³/mol. The topological polar surface area (TPSA) is 49.9 Å². The number of anilines is 1. The summed E-state index contributed by atoms with van der Waals surface area (Å²) in [6, 6.07) is 12.9. The van der Waals surface area contributed by atoms with Gasteiger partial charge < -0.3 is 14.5 Å². The molecule has 1 saturated heterocycles. The van der Waals surface area contributed by atoms with Crippen molar-refractivity contribution in [2.75, 3.05) is 31.7 Å². The molecule has 2 aromatic rings. The highest BCUT2D eigenvalue weighted by molar-refractivity contribution is 6.01. The second kappa shape index (κ2) is 8.80. The first-order valence-corrected chi connectivity index (χ1v) is 9.15. The quantitative estimate of drug-likeness (QED) is 0.760. The summed E-state index contributed by atoms with van der Waals surface area (Å²) in [7, 11) is 1.65. The number of amides is 2. The van der Waals surface area contributed by atoms with Crippen LogP contribution in [0.15, 0.2) is 61.2 Å². The number of hydrogen-bond acceptors (Lipinski definition) is 3. The Kier molecular flexibility index (Phi) is 6.21. The van der Waals surface area contributed by atoms with Crippen molar-refractivity contribution in [3.05, 3.63) is 78.1 Å².